The van der Waals surface area contributed by atoms with Gasteiger partial charge in [-0.25, -0.2) is 14.6 Å². The predicted octanol–water partition coefficient (Wildman–Crippen LogP) is 5.72. The molecule has 2 aliphatic rings. The van der Waals surface area contributed by atoms with E-state index in [1.807, 2.05) is 25.1 Å². The van der Waals surface area contributed by atoms with E-state index in [1.54, 1.807) is 18.0 Å². The van der Waals surface area contributed by atoms with Crippen LogP contribution in [0, 0.1) is 0 Å². The zero-order valence-corrected chi connectivity index (χ0v) is 21.6. The lowest BCUT2D eigenvalue weighted by molar-refractivity contribution is 0.0519. The topological polar surface area (TPSA) is 94.8 Å². The molecule has 1 fully saturated rings. The van der Waals surface area contributed by atoms with Gasteiger partial charge in [-0.1, -0.05) is 23.2 Å². The number of oxazole rings is 1. The molecule has 1 saturated heterocycles. The molecule has 0 N–H and O–H groups in total. The van der Waals surface area contributed by atoms with Crippen LogP contribution < -0.4 is 0 Å². The van der Waals surface area contributed by atoms with Crippen molar-refractivity contribution in [3.8, 4) is 11.5 Å². The highest BCUT2D eigenvalue weighted by atomic mass is 35.5. The van der Waals surface area contributed by atoms with Crippen LogP contribution in [0.5, 0.6) is 0 Å². The van der Waals surface area contributed by atoms with E-state index >= 15 is 0 Å². The van der Waals surface area contributed by atoms with Crippen molar-refractivity contribution in [1.29, 1.82) is 0 Å². The van der Waals surface area contributed by atoms with E-state index in [9.17, 15) is 9.59 Å². The zero-order chi connectivity index (χ0) is 25.9. The summed E-state index contributed by atoms with van der Waals surface area (Å²) in [7, 11) is 0. The number of ether oxygens (including phenoxy) is 2. The number of halogens is 1. The van der Waals surface area contributed by atoms with Crippen molar-refractivity contribution in [3.63, 3.8) is 0 Å². The van der Waals surface area contributed by atoms with Crippen LogP contribution in [0.15, 0.2) is 46.7 Å². The lowest BCUT2D eigenvalue weighted by Crippen LogP contribution is -2.37. The van der Waals surface area contributed by atoms with Crippen molar-refractivity contribution in [1.82, 2.24) is 14.9 Å². The van der Waals surface area contributed by atoms with Crippen LogP contribution >= 0.6 is 11.6 Å². The van der Waals surface area contributed by atoms with E-state index in [0.717, 1.165) is 48.1 Å². The van der Waals surface area contributed by atoms with Crippen molar-refractivity contribution in [3.05, 3.63) is 75.4 Å². The van der Waals surface area contributed by atoms with Crippen molar-refractivity contribution >= 4 is 29.2 Å². The smallest absolute Gasteiger partial charge is 0.409 e. The molecule has 0 saturated carbocycles. The van der Waals surface area contributed by atoms with Gasteiger partial charge in [0, 0.05) is 29.9 Å². The number of piperidine rings is 1. The third-order valence-electron chi connectivity index (χ3n) is 6.69. The number of aryl methyl sites for hydroxylation is 2. The molecule has 0 radical (unpaired) electrons. The van der Waals surface area contributed by atoms with Crippen LogP contribution in [0.2, 0.25) is 5.02 Å². The Kier molecular flexibility index (Phi) is 7.28. The summed E-state index contributed by atoms with van der Waals surface area (Å²) in [5.74, 6) is -0.200. The summed E-state index contributed by atoms with van der Waals surface area (Å²) in [5.41, 5.74) is 7.47. The Morgan fingerprint density at radius 3 is 2.54 bits per heavy atom. The molecule has 5 rings (SSSR count). The molecular formula is C28H28ClN3O5. The van der Waals surface area contributed by atoms with Crippen molar-refractivity contribution in [2.45, 2.75) is 39.5 Å². The fraction of sp³-hybridized carbons (Fsp3) is 0.357. The Morgan fingerprint density at radius 2 is 1.78 bits per heavy atom. The summed E-state index contributed by atoms with van der Waals surface area (Å²) < 4.78 is 15.8. The molecule has 0 bridgehead atoms. The van der Waals surface area contributed by atoms with Crippen LogP contribution in [-0.4, -0.2) is 53.2 Å². The first-order chi connectivity index (χ1) is 18.0. The summed E-state index contributed by atoms with van der Waals surface area (Å²) >= 11 is 6.37. The third kappa shape index (κ3) is 5.11. The van der Waals surface area contributed by atoms with Crippen LogP contribution in [0.1, 0.15) is 59.6 Å². The number of carbonyl (C=O) groups excluding carboxylic acids is 2. The van der Waals surface area contributed by atoms with Crippen LogP contribution in [0.25, 0.3) is 17.0 Å². The number of likely N-dealkylation sites (tertiary alicyclic amines) is 1. The Labute approximate surface area is 220 Å². The first-order valence-corrected chi connectivity index (χ1v) is 12.9. The van der Waals surface area contributed by atoms with Crippen molar-refractivity contribution in [2.24, 2.45) is 0 Å². The first-order valence-electron chi connectivity index (χ1n) is 12.5. The molecule has 1 aromatic carbocycles. The second-order valence-corrected chi connectivity index (χ2v) is 9.39. The van der Waals surface area contributed by atoms with Gasteiger partial charge >= 0.3 is 12.1 Å². The number of aromatic nitrogens is 2. The van der Waals surface area contributed by atoms with Gasteiger partial charge in [-0.2, -0.15) is 0 Å². The molecule has 9 heteroatoms. The van der Waals surface area contributed by atoms with Gasteiger partial charge in [-0.05, 0) is 74.4 Å². The van der Waals surface area contributed by atoms with Gasteiger partial charge in [0.2, 0.25) is 5.89 Å². The highest BCUT2D eigenvalue weighted by Gasteiger charge is 2.28. The molecule has 0 atom stereocenters. The molecule has 0 unspecified atom stereocenters. The number of hydrogen-bond acceptors (Lipinski definition) is 7. The second kappa shape index (κ2) is 10.8. The Hall–Kier alpha value is -3.65. The molecule has 1 aliphatic heterocycles. The number of amides is 1. The van der Waals surface area contributed by atoms with Gasteiger partial charge in [-0.15, -0.1) is 0 Å². The van der Waals surface area contributed by atoms with Gasteiger partial charge in [-0.3, -0.25) is 4.98 Å². The van der Waals surface area contributed by atoms with E-state index in [0.29, 0.717) is 36.2 Å². The van der Waals surface area contributed by atoms with E-state index < -0.39 is 5.97 Å². The van der Waals surface area contributed by atoms with E-state index in [-0.39, 0.29) is 18.4 Å². The summed E-state index contributed by atoms with van der Waals surface area (Å²) in [6, 6.07) is 8.04. The van der Waals surface area contributed by atoms with Crippen LogP contribution in [0.3, 0.4) is 0 Å². The average Bonchev–Trinajstić information content (AvgIpc) is 3.34. The number of nitrogens with zero attached hydrogens (tertiary/aromatic N) is 3. The molecule has 1 amide bonds. The SMILES string of the molecule is CCOC(=O)c1coc(-c2cnc3c(c2)CCc2cc(Cl)ccc2C3=C2CCN(C(=O)OCC)CC2)n1. The van der Waals surface area contributed by atoms with Gasteiger partial charge in [0.1, 0.15) is 6.26 Å². The summed E-state index contributed by atoms with van der Waals surface area (Å²) in [6.45, 7) is 5.38. The standard InChI is InChI=1S/C28H28ClN3O5/c1-3-35-27(33)23-16-37-26(31-23)20-13-19-6-5-18-14-21(29)7-8-22(18)24(25(19)30-15-20)17-9-11-32(12-10-17)28(34)36-4-2/h7-8,13-16H,3-6,9-12H2,1-2H3. The molecule has 2 aromatic heterocycles. The Morgan fingerprint density at radius 1 is 1.03 bits per heavy atom. The normalized spacial score (nSPS) is 15.1. The maximum atomic E-state index is 12.2. The van der Waals surface area contributed by atoms with Gasteiger partial charge in [0.15, 0.2) is 5.69 Å². The molecule has 8 nitrogen and oxygen atoms in total. The molecule has 1 aliphatic carbocycles. The summed E-state index contributed by atoms with van der Waals surface area (Å²) in [4.78, 5) is 35.2. The highest BCUT2D eigenvalue weighted by Crippen LogP contribution is 2.39. The molecule has 3 aromatic rings. The lowest BCUT2D eigenvalue weighted by atomic mass is 9.88. The Balaban J connectivity index is 1.53. The quantitative estimate of drug-likeness (QED) is 0.405. The maximum absolute atomic E-state index is 12.2. The van der Waals surface area contributed by atoms with E-state index in [1.165, 1.54) is 17.4 Å². The molecular weight excluding hydrogens is 494 g/mol. The number of rotatable bonds is 4. The lowest BCUT2D eigenvalue weighted by Gasteiger charge is -2.29. The number of benzene rings is 1. The number of carbonyl (C=O) groups is 2. The fourth-order valence-electron chi connectivity index (χ4n) is 4.94. The molecule has 0 spiro atoms. The predicted molar refractivity (Wildman–Crippen MR) is 138 cm³/mol. The Bertz CT molecular complexity index is 1370. The number of hydrogen-bond donors (Lipinski definition) is 0. The third-order valence-corrected chi connectivity index (χ3v) is 6.92. The fourth-order valence-corrected chi connectivity index (χ4v) is 5.13. The van der Waals surface area contributed by atoms with Crippen LogP contribution in [-0.2, 0) is 22.3 Å². The first kappa shape index (κ1) is 25.0. The van der Waals surface area contributed by atoms with E-state index in [2.05, 4.69) is 11.1 Å². The summed E-state index contributed by atoms with van der Waals surface area (Å²) in [6.07, 6.45) is 5.82. The minimum absolute atomic E-state index is 0.130. The van der Waals surface area contributed by atoms with Crippen molar-refractivity contribution in [2.75, 3.05) is 26.3 Å². The minimum atomic E-state index is -0.520. The van der Waals surface area contributed by atoms with Gasteiger partial charge in [0.05, 0.1) is 24.5 Å². The highest BCUT2D eigenvalue weighted by molar-refractivity contribution is 6.30. The average molecular weight is 522 g/mol. The maximum Gasteiger partial charge on any atom is 0.409 e. The molecule has 192 valence electrons. The minimum Gasteiger partial charge on any atom is -0.461 e. The number of pyridine rings is 1. The number of fused-ring (bicyclic) bond motifs is 2. The van der Waals surface area contributed by atoms with Gasteiger partial charge in [0.25, 0.3) is 0 Å². The monoisotopic (exact) mass is 521 g/mol. The van der Waals surface area contributed by atoms with E-state index in [4.69, 9.17) is 30.5 Å². The number of esters is 1. The van der Waals surface area contributed by atoms with Gasteiger partial charge < -0.3 is 18.8 Å². The second-order valence-electron chi connectivity index (χ2n) is 8.96. The van der Waals surface area contributed by atoms with Crippen LogP contribution in [0.4, 0.5) is 4.79 Å². The zero-order valence-electron chi connectivity index (χ0n) is 20.9. The largest absolute Gasteiger partial charge is 0.461 e. The molecule has 37 heavy (non-hydrogen) atoms. The van der Waals surface area contributed by atoms with Crippen molar-refractivity contribution < 1.29 is 23.5 Å². The summed E-state index contributed by atoms with van der Waals surface area (Å²) in [5, 5.41) is 0.700. The molecule has 3 heterocycles.